The van der Waals surface area contributed by atoms with Crippen LogP contribution < -0.4 is 10.9 Å². The second kappa shape index (κ2) is 8.21. The van der Waals surface area contributed by atoms with Crippen molar-refractivity contribution in [1.82, 2.24) is 23.3 Å². The zero-order valence-corrected chi connectivity index (χ0v) is 20.5. The zero-order chi connectivity index (χ0) is 25.1. The van der Waals surface area contributed by atoms with Crippen molar-refractivity contribution < 1.29 is 12.8 Å². The Morgan fingerprint density at radius 2 is 1.89 bits per heavy atom. The number of fused-ring (bicyclic) bond motifs is 2. The minimum atomic E-state index is -3.63. The highest BCUT2D eigenvalue weighted by molar-refractivity contribution is 7.90. The van der Waals surface area contributed by atoms with Gasteiger partial charge in [-0.3, -0.25) is 9.48 Å². The van der Waals surface area contributed by atoms with E-state index in [0.29, 0.717) is 33.2 Å². The Morgan fingerprint density at radius 1 is 1.11 bits per heavy atom. The van der Waals surface area contributed by atoms with Gasteiger partial charge in [-0.1, -0.05) is 11.6 Å². The summed E-state index contributed by atoms with van der Waals surface area (Å²) in [6.45, 7) is 1.55. The summed E-state index contributed by atoms with van der Waals surface area (Å²) in [6, 6.07) is 7.54. The summed E-state index contributed by atoms with van der Waals surface area (Å²) in [6.07, 6.45) is 4.62. The average molecular weight is 515 g/mol. The molecule has 0 radical (unpaired) electrons. The number of aryl methyl sites for hydroxylation is 2. The quantitative estimate of drug-likeness (QED) is 0.380. The van der Waals surface area contributed by atoms with Crippen molar-refractivity contribution in [2.75, 3.05) is 11.1 Å². The second-order valence-electron chi connectivity index (χ2n) is 8.08. The number of benzene rings is 1. The number of aromatic nitrogens is 5. The summed E-state index contributed by atoms with van der Waals surface area (Å²) in [7, 11) is -0.333. The van der Waals surface area contributed by atoms with Gasteiger partial charge in [-0.2, -0.15) is 5.10 Å². The first-order chi connectivity index (χ1) is 16.6. The third-order valence-corrected chi connectivity index (χ3v) is 7.57. The largest absolute Gasteiger partial charge is 0.351 e. The van der Waals surface area contributed by atoms with Crippen LogP contribution in [0.4, 0.5) is 15.8 Å². The van der Waals surface area contributed by atoms with Gasteiger partial charge in [0.2, 0.25) is 10.0 Å². The van der Waals surface area contributed by atoms with E-state index in [0.717, 1.165) is 3.97 Å². The Kier molecular flexibility index (Phi) is 5.41. The van der Waals surface area contributed by atoms with E-state index in [-0.39, 0.29) is 27.7 Å². The van der Waals surface area contributed by atoms with E-state index in [1.165, 1.54) is 27.6 Å². The van der Waals surface area contributed by atoms with Crippen LogP contribution in [0.1, 0.15) is 6.92 Å². The van der Waals surface area contributed by atoms with Crippen LogP contribution in [0.5, 0.6) is 0 Å². The summed E-state index contributed by atoms with van der Waals surface area (Å²) < 4.78 is 44.0. The molecule has 0 aliphatic heterocycles. The van der Waals surface area contributed by atoms with Crippen LogP contribution in [0.2, 0.25) is 5.02 Å². The van der Waals surface area contributed by atoms with E-state index in [1.807, 2.05) is 0 Å². The molecule has 5 rings (SSSR count). The van der Waals surface area contributed by atoms with Crippen LogP contribution in [0, 0.1) is 5.82 Å². The zero-order valence-electron chi connectivity index (χ0n) is 19.0. The number of rotatable bonds is 5. The molecule has 5 aromatic rings. The van der Waals surface area contributed by atoms with Crippen molar-refractivity contribution in [1.29, 1.82) is 0 Å². The van der Waals surface area contributed by atoms with Crippen molar-refractivity contribution in [2.24, 2.45) is 14.1 Å². The van der Waals surface area contributed by atoms with E-state index < -0.39 is 15.8 Å². The Bertz CT molecular complexity index is 1810. The van der Waals surface area contributed by atoms with Gasteiger partial charge in [0, 0.05) is 48.7 Å². The Labute approximate surface area is 204 Å². The SMILES string of the molecule is CCS(=O)(=O)n1ccc2cc(Nc3ccc(Cl)cc3F)c(-c3cn(C)c(=O)c4cn(C)nc34)nc21. The maximum Gasteiger partial charge on any atom is 0.261 e. The minimum Gasteiger partial charge on any atom is -0.351 e. The van der Waals surface area contributed by atoms with E-state index >= 15 is 0 Å². The van der Waals surface area contributed by atoms with Crippen molar-refractivity contribution in [3.8, 4) is 11.3 Å². The Balaban J connectivity index is 1.85. The van der Waals surface area contributed by atoms with Crippen LogP contribution in [-0.2, 0) is 24.1 Å². The number of hydrogen-bond acceptors (Lipinski definition) is 6. The first-order valence-electron chi connectivity index (χ1n) is 10.6. The lowest BCUT2D eigenvalue weighted by Crippen LogP contribution is -2.16. The summed E-state index contributed by atoms with van der Waals surface area (Å²) in [5.41, 5.74) is 1.68. The van der Waals surface area contributed by atoms with Crippen molar-refractivity contribution in [2.45, 2.75) is 6.92 Å². The fourth-order valence-electron chi connectivity index (χ4n) is 3.96. The minimum absolute atomic E-state index is 0.117. The highest BCUT2D eigenvalue weighted by atomic mass is 35.5. The van der Waals surface area contributed by atoms with Gasteiger partial charge in [-0.25, -0.2) is 21.8 Å². The maximum absolute atomic E-state index is 14.7. The van der Waals surface area contributed by atoms with E-state index in [4.69, 9.17) is 16.6 Å². The van der Waals surface area contributed by atoms with Gasteiger partial charge in [-0.15, -0.1) is 0 Å². The Morgan fingerprint density at radius 3 is 2.60 bits per heavy atom. The van der Waals surface area contributed by atoms with Crippen molar-refractivity contribution in [3.63, 3.8) is 0 Å². The molecule has 0 bridgehead atoms. The first-order valence-corrected chi connectivity index (χ1v) is 12.6. The highest BCUT2D eigenvalue weighted by Gasteiger charge is 2.22. The highest BCUT2D eigenvalue weighted by Crippen LogP contribution is 2.36. The molecule has 0 aliphatic rings. The summed E-state index contributed by atoms with van der Waals surface area (Å²) in [5.74, 6) is -0.688. The molecule has 0 spiro atoms. The topological polar surface area (TPSA) is 104 Å². The van der Waals surface area contributed by atoms with Gasteiger partial charge in [-0.05, 0) is 37.3 Å². The molecule has 0 unspecified atom stereocenters. The summed E-state index contributed by atoms with van der Waals surface area (Å²) in [4.78, 5) is 17.4. The third kappa shape index (κ3) is 3.86. The number of nitrogens with zero attached hydrogens (tertiary/aromatic N) is 5. The second-order valence-corrected chi connectivity index (χ2v) is 10.7. The molecule has 9 nitrogen and oxygen atoms in total. The predicted octanol–water partition coefficient (Wildman–Crippen LogP) is 4.02. The van der Waals surface area contributed by atoms with Gasteiger partial charge in [0.1, 0.15) is 11.3 Å². The number of nitrogens with one attached hydrogen (secondary N) is 1. The van der Waals surface area contributed by atoms with Crippen LogP contribution in [0.3, 0.4) is 0 Å². The lowest BCUT2D eigenvalue weighted by Gasteiger charge is -2.15. The fourth-order valence-corrected chi connectivity index (χ4v) is 5.05. The first kappa shape index (κ1) is 23.1. The van der Waals surface area contributed by atoms with Gasteiger partial charge in [0.25, 0.3) is 5.56 Å². The molecule has 35 heavy (non-hydrogen) atoms. The molecule has 0 amide bonds. The van der Waals surface area contributed by atoms with Gasteiger partial charge < -0.3 is 9.88 Å². The molecule has 1 N–H and O–H groups in total. The number of halogens is 2. The molecule has 4 aromatic heterocycles. The normalized spacial score (nSPS) is 12.0. The van der Waals surface area contributed by atoms with E-state index in [2.05, 4.69) is 10.4 Å². The number of anilines is 2. The molecule has 4 heterocycles. The monoisotopic (exact) mass is 514 g/mol. The standard InChI is InChI=1S/C23H20ClFN6O3S/c1-4-35(33,34)31-8-7-13-9-19(26-18-6-5-14(24)10-17(18)25)21(27-22(13)31)15-11-29(2)23(32)16-12-30(3)28-20(15)16/h5-12,26H,4H2,1-3H3. The Hall–Kier alpha value is -3.70. The molecule has 0 fully saturated rings. The molecular formula is C23H20ClFN6O3S. The van der Waals surface area contributed by atoms with Crippen LogP contribution in [0.25, 0.3) is 33.2 Å². The van der Waals surface area contributed by atoms with Gasteiger partial charge >= 0.3 is 0 Å². The molecule has 0 saturated heterocycles. The molecule has 180 valence electrons. The van der Waals surface area contributed by atoms with E-state index in [1.54, 1.807) is 51.6 Å². The molecule has 0 atom stereocenters. The van der Waals surface area contributed by atoms with Crippen LogP contribution in [-0.4, -0.2) is 37.5 Å². The third-order valence-electron chi connectivity index (χ3n) is 5.71. The van der Waals surface area contributed by atoms with E-state index in [9.17, 15) is 17.6 Å². The molecular weight excluding hydrogens is 495 g/mol. The molecule has 12 heteroatoms. The van der Waals surface area contributed by atoms with Crippen molar-refractivity contribution in [3.05, 3.63) is 70.1 Å². The molecule has 0 aliphatic carbocycles. The van der Waals surface area contributed by atoms with Gasteiger partial charge in [0.15, 0.2) is 5.65 Å². The average Bonchev–Trinajstić information content (AvgIpc) is 3.41. The summed E-state index contributed by atoms with van der Waals surface area (Å²) in [5, 5.41) is 8.64. The maximum atomic E-state index is 14.7. The van der Waals surface area contributed by atoms with Crippen LogP contribution >= 0.6 is 11.6 Å². The lowest BCUT2D eigenvalue weighted by atomic mass is 10.1. The fraction of sp³-hybridized carbons (Fsp3) is 0.174. The molecule has 1 aromatic carbocycles. The summed E-state index contributed by atoms with van der Waals surface area (Å²) >= 11 is 5.90. The lowest BCUT2D eigenvalue weighted by molar-refractivity contribution is 0.590. The predicted molar refractivity (Wildman–Crippen MR) is 134 cm³/mol. The number of pyridine rings is 2. The smallest absolute Gasteiger partial charge is 0.261 e. The van der Waals surface area contributed by atoms with Crippen molar-refractivity contribution >= 4 is 54.9 Å². The van der Waals surface area contributed by atoms with Crippen LogP contribution in [0.15, 0.2) is 53.7 Å². The number of hydrogen-bond donors (Lipinski definition) is 1. The molecule has 0 saturated carbocycles. The van der Waals surface area contributed by atoms with Gasteiger partial charge in [0.05, 0.1) is 28.2 Å².